The second kappa shape index (κ2) is 5.66. The Bertz CT molecular complexity index is 244. The lowest BCUT2D eigenvalue weighted by Crippen LogP contribution is -2.31. The average molecular weight is 192 g/mol. The predicted molar refractivity (Wildman–Crippen MR) is 62.9 cm³/mol. The van der Waals surface area contributed by atoms with E-state index in [-0.39, 0.29) is 0 Å². The minimum absolute atomic E-state index is 1.07. The van der Waals surface area contributed by atoms with Gasteiger partial charge in [-0.15, -0.1) is 0 Å². The molecule has 0 aliphatic heterocycles. The summed E-state index contributed by atoms with van der Waals surface area (Å²) in [6, 6.07) is 10.6. The Labute approximate surface area is 87.1 Å². The summed E-state index contributed by atoms with van der Waals surface area (Å²) in [7, 11) is 4.22. The zero-order chi connectivity index (χ0) is 10.4. The fourth-order valence-corrected chi connectivity index (χ4v) is 1.43. The van der Waals surface area contributed by atoms with Crippen LogP contribution in [0.4, 0.5) is 5.69 Å². The van der Waals surface area contributed by atoms with Crippen LogP contribution in [0.25, 0.3) is 0 Å². The molecule has 0 aliphatic rings. The zero-order valence-electron chi connectivity index (χ0n) is 9.40. The van der Waals surface area contributed by atoms with Crippen LogP contribution in [0.1, 0.15) is 6.92 Å². The molecule has 78 valence electrons. The molecule has 0 N–H and O–H groups in total. The van der Waals surface area contributed by atoms with E-state index in [0.717, 1.165) is 19.6 Å². The molecule has 0 unspecified atom stereocenters. The summed E-state index contributed by atoms with van der Waals surface area (Å²) in [6.45, 7) is 5.46. The van der Waals surface area contributed by atoms with Gasteiger partial charge in [0, 0.05) is 25.3 Å². The third-order valence-corrected chi connectivity index (χ3v) is 2.32. The molecule has 0 bridgehead atoms. The Morgan fingerprint density at radius 2 is 1.64 bits per heavy atom. The van der Waals surface area contributed by atoms with Crippen LogP contribution in [0.5, 0.6) is 0 Å². The van der Waals surface area contributed by atoms with Crippen molar-refractivity contribution in [2.45, 2.75) is 6.92 Å². The standard InChI is InChI=1S/C12H20N2/c1-4-14(11-10-13(2)3)12-8-6-5-7-9-12/h5-9H,4,10-11H2,1-3H3. The molecule has 14 heavy (non-hydrogen) atoms. The molecule has 1 rings (SSSR count). The fraction of sp³-hybridized carbons (Fsp3) is 0.500. The molecule has 2 heteroatoms. The summed E-state index contributed by atoms with van der Waals surface area (Å²) in [5.74, 6) is 0. The number of para-hydroxylation sites is 1. The van der Waals surface area contributed by atoms with E-state index in [1.54, 1.807) is 0 Å². The summed E-state index contributed by atoms with van der Waals surface area (Å²) < 4.78 is 0. The molecule has 0 spiro atoms. The van der Waals surface area contributed by atoms with Gasteiger partial charge in [0.2, 0.25) is 0 Å². The van der Waals surface area contributed by atoms with Crippen LogP contribution in [0.15, 0.2) is 30.3 Å². The summed E-state index contributed by atoms with van der Waals surface area (Å²) in [4.78, 5) is 4.60. The highest BCUT2D eigenvalue weighted by molar-refractivity contribution is 5.45. The van der Waals surface area contributed by atoms with E-state index in [4.69, 9.17) is 0 Å². The lowest BCUT2D eigenvalue weighted by atomic mass is 10.3. The molecule has 0 radical (unpaired) electrons. The highest BCUT2D eigenvalue weighted by Gasteiger charge is 2.02. The van der Waals surface area contributed by atoms with E-state index in [1.165, 1.54) is 5.69 Å². The van der Waals surface area contributed by atoms with E-state index in [2.05, 4.69) is 61.2 Å². The quantitative estimate of drug-likeness (QED) is 0.704. The maximum Gasteiger partial charge on any atom is 0.0366 e. The number of likely N-dealkylation sites (N-methyl/N-ethyl adjacent to an activating group) is 2. The lowest BCUT2D eigenvalue weighted by Gasteiger charge is -2.24. The van der Waals surface area contributed by atoms with Crippen molar-refractivity contribution in [2.24, 2.45) is 0 Å². The highest BCUT2D eigenvalue weighted by Crippen LogP contribution is 2.11. The minimum Gasteiger partial charge on any atom is -0.371 e. The Morgan fingerprint density at radius 3 is 2.14 bits per heavy atom. The van der Waals surface area contributed by atoms with Crippen LogP contribution in [0.3, 0.4) is 0 Å². The Morgan fingerprint density at radius 1 is 1.00 bits per heavy atom. The van der Waals surface area contributed by atoms with Gasteiger partial charge in [0.1, 0.15) is 0 Å². The fourth-order valence-electron chi connectivity index (χ4n) is 1.43. The second-order valence-electron chi connectivity index (χ2n) is 3.72. The molecule has 0 saturated carbocycles. The van der Waals surface area contributed by atoms with Gasteiger partial charge in [-0.25, -0.2) is 0 Å². The molecule has 1 aromatic carbocycles. The molecule has 0 saturated heterocycles. The Hall–Kier alpha value is -1.02. The van der Waals surface area contributed by atoms with Gasteiger partial charge in [0.05, 0.1) is 0 Å². The van der Waals surface area contributed by atoms with Gasteiger partial charge in [-0.3, -0.25) is 0 Å². The van der Waals surface area contributed by atoms with Crippen LogP contribution < -0.4 is 4.90 Å². The summed E-state index contributed by atoms with van der Waals surface area (Å²) in [5.41, 5.74) is 1.32. The molecule has 0 aliphatic carbocycles. The van der Waals surface area contributed by atoms with E-state index < -0.39 is 0 Å². The smallest absolute Gasteiger partial charge is 0.0366 e. The third kappa shape index (κ3) is 3.38. The van der Waals surface area contributed by atoms with Crippen molar-refractivity contribution >= 4 is 5.69 Å². The van der Waals surface area contributed by atoms with Crippen molar-refractivity contribution in [1.29, 1.82) is 0 Å². The Balaban J connectivity index is 2.54. The van der Waals surface area contributed by atoms with E-state index in [9.17, 15) is 0 Å². The number of hydrogen-bond donors (Lipinski definition) is 0. The highest BCUT2D eigenvalue weighted by atomic mass is 15.2. The summed E-state index contributed by atoms with van der Waals surface area (Å²) in [5, 5.41) is 0. The van der Waals surface area contributed by atoms with Gasteiger partial charge in [-0.2, -0.15) is 0 Å². The molecule has 0 fully saturated rings. The average Bonchev–Trinajstić information content (AvgIpc) is 2.20. The largest absolute Gasteiger partial charge is 0.371 e. The van der Waals surface area contributed by atoms with E-state index in [1.807, 2.05) is 0 Å². The first-order chi connectivity index (χ1) is 6.74. The van der Waals surface area contributed by atoms with Crippen LogP contribution in [0, 0.1) is 0 Å². The number of rotatable bonds is 5. The van der Waals surface area contributed by atoms with Crippen molar-refractivity contribution in [3.05, 3.63) is 30.3 Å². The number of nitrogens with zero attached hydrogens (tertiary/aromatic N) is 2. The first-order valence-electron chi connectivity index (χ1n) is 5.18. The maximum atomic E-state index is 2.39. The summed E-state index contributed by atoms with van der Waals surface area (Å²) >= 11 is 0. The SMILES string of the molecule is CCN(CCN(C)C)c1ccccc1. The van der Waals surface area contributed by atoms with Crippen LogP contribution in [-0.4, -0.2) is 38.6 Å². The van der Waals surface area contributed by atoms with Crippen LogP contribution in [0.2, 0.25) is 0 Å². The number of hydrogen-bond acceptors (Lipinski definition) is 2. The van der Waals surface area contributed by atoms with Crippen LogP contribution >= 0.6 is 0 Å². The first kappa shape index (κ1) is 11.1. The summed E-state index contributed by atoms with van der Waals surface area (Å²) in [6.07, 6.45) is 0. The lowest BCUT2D eigenvalue weighted by molar-refractivity contribution is 0.414. The van der Waals surface area contributed by atoms with Gasteiger partial charge < -0.3 is 9.80 Å². The van der Waals surface area contributed by atoms with Gasteiger partial charge >= 0.3 is 0 Å². The first-order valence-corrected chi connectivity index (χ1v) is 5.18. The topological polar surface area (TPSA) is 6.48 Å². The van der Waals surface area contributed by atoms with Crippen molar-refractivity contribution in [3.8, 4) is 0 Å². The number of benzene rings is 1. The maximum absolute atomic E-state index is 2.39. The van der Waals surface area contributed by atoms with Gasteiger partial charge in [-0.05, 0) is 33.2 Å². The normalized spacial score (nSPS) is 10.6. The van der Waals surface area contributed by atoms with Crippen molar-refractivity contribution in [2.75, 3.05) is 38.6 Å². The minimum atomic E-state index is 1.07. The van der Waals surface area contributed by atoms with Gasteiger partial charge in [-0.1, -0.05) is 18.2 Å². The molecule has 0 aromatic heterocycles. The van der Waals surface area contributed by atoms with Crippen molar-refractivity contribution in [1.82, 2.24) is 4.90 Å². The zero-order valence-corrected chi connectivity index (χ0v) is 9.40. The van der Waals surface area contributed by atoms with Crippen LogP contribution in [-0.2, 0) is 0 Å². The van der Waals surface area contributed by atoms with Gasteiger partial charge in [0.15, 0.2) is 0 Å². The Kier molecular flexibility index (Phi) is 4.47. The molecule has 0 amide bonds. The monoisotopic (exact) mass is 192 g/mol. The van der Waals surface area contributed by atoms with Gasteiger partial charge in [0.25, 0.3) is 0 Å². The second-order valence-corrected chi connectivity index (χ2v) is 3.72. The molecule has 2 nitrogen and oxygen atoms in total. The predicted octanol–water partition coefficient (Wildman–Crippen LogP) is 2.07. The molecule has 0 atom stereocenters. The molecule has 0 heterocycles. The molecular weight excluding hydrogens is 172 g/mol. The number of anilines is 1. The molecular formula is C12H20N2. The third-order valence-electron chi connectivity index (χ3n) is 2.32. The molecule has 1 aromatic rings. The van der Waals surface area contributed by atoms with Crippen molar-refractivity contribution in [3.63, 3.8) is 0 Å². The van der Waals surface area contributed by atoms with E-state index in [0.29, 0.717) is 0 Å². The van der Waals surface area contributed by atoms with E-state index >= 15 is 0 Å². The van der Waals surface area contributed by atoms with Crippen molar-refractivity contribution < 1.29 is 0 Å².